The van der Waals surface area contributed by atoms with Crippen LogP contribution in [-0.4, -0.2) is 14.8 Å². The van der Waals surface area contributed by atoms with Crippen LogP contribution in [-0.2, 0) is 14.1 Å². The normalized spacial score (nSPS) is 15.4. The molecule has 0 atom stereocenters. The summed E-state index contributed by atoms with van der Waals surface area (Å²) in [7, 11) is 2.76. The SMILES string of the molecule is Cn1c([O-])c([N+]#N)/c(=N\N=C(/c2ccccc2)C2CC2)n(C)c1=O. The highest BCUT2D eigenvalue weighted by atomic mass is 16.3. The maximum absolute atomic E-state index is 12.0. The van der Waals surface area contributed by atoms with Crippen molar-refractivity contribution in [1.29, 1.82) is 5.39 Å². The minimum absolute atomic E-state index is 0.0697. The fourth-order valence-corrected chi connectivity index (χ4v) is 2.46. The van der Waals surface area contributed by atoms with Gasteiger partial charge >= 0.3 is 11.4 Å². The summed E-state index contributed by atoms with van der Waals surface area (Å²) in [6.45, 7) is 0. The van der Waals surface area contributed by atoms with Crippen molar-refractivity contribution in [3.63, 3.8) is 0 Å². The van der Waals surface area contributed by atoms with E-state index >= 15 is 0 Å². The first-order valence-corrected chi connectivity index (χ1v) is 7.53. The largest absolute Gasteiger partial charge is 0.854 e. The molecule has 0 saturated heterocycles. The molecule has 24 heavy (non-hydrogen) atoms. The van der Waals surface area contributed by atoms with Crippen LogP contribution in [0.15, 0.2) is 45.3 Å². The highest BCUT2D eigenvalue weighted by molar-refractivity contribution is 6.03. The fraction of sp³-hybridized carbons (Fsp3) is 0.312. The van der Waals surface area contributed by atoms with Crippen LogP contribution in [0.4, 0.5) is 5.69 Å². The zero-order valence-electron chi connectivity index (χ0n) is 13.4. The van der Waals surface area contributed by atoms with Crippen molar-refractivity contribution in [2.75, 3.05) is 0 Å². The van der Waals surface area contributed by atoms with E-state index < -0.39 is 11.6 Å². The summed E-state index contributed by atoms with van der Waals surface area (Å²) in [6, 6.07) is 9.62. The Hall–Kier alpha value is -3.21. The first-order chi connectivity index (χ1) is 11.5. The van der Waals surface area contributed by atoms with Crippen molar-refractivity contribution in [3.8, 4) is 5.88 Å². The maximum Gasteiger partial charge on any atom is 0.437 e. The average Bonchev–Trinajstić information content (AvgIpc) is 3.43. The minimum atomic E-state index is -0.720. The second kappa shape index (κ2) is 6.12. The van der Waals surface area contributed by atoms with Crippen LogP contribution in [0.25, 0.3) is 4.98 Å². The van der Waals surface area contributed by atoms with E-state index in [0.29, 0.717) is 5.92 Å². The topological polar surface area (TPSA) is 103 Å². The molecule has 3 rings (SSSR count). The molecule has 0 unspecified atom stereocenters. The van der Waals surface area contributed by atoms with Gasteiger partial charge in [-0.3, -0.25) is 4.57 Å². The molecule has 1 aliphatic carbocycles. The highest BCUT2D eigenvalue weighted by Gasteiger charge is 2.29. The summed E-state index contributed by atoms with van der Waals surface area (Å²) in [6.07, 6.45) is 2.05. The molecular formula is C16H16N6O2. The molecule has 1 fully saturated rings. The first-order valence-electron chi connectivity index (χ1n) is 7.53. The summed E-state index contributed by atoms with van der Waals surface area (Å²) in [5.41, 5.74) is 0.799. The zero-order chi connectivity index (χ0) is 17.3. The van der Waals surface area contributed by atoms with Crippen molar-refractivity contribution in [2.24, 2.45) is 30.2 Å². The van der Waals surface area contributed by atoms with Gasteiger partial charge in [-0.25, -0.2) is 4.79 Å². The second-order valence-corrected chi connectivity index (χ2v) is 5.70. The summed E-state index contributed by atoms with van der Waals surface area (Å²) in [5, 5.41) is 29.5. The van der Waals surface area contributed by atoms with E-state index in [1.807, 2.05) is 30.3 Å². The number of diazo groups is 1. The number of nitrogens with zero attached hydrogens (tertiary/aromatic N) is 6. The third-order valence-electron chi connectivity index (χ3n) is 4.00. The smallest absolute Gasteiger partial charge is 0.437 e. The van der Waals surface area contributed by atoms with Gasteiger partial charge in [-0.05, 0) is 18.4 Å². The Morgan fingerprint density at radius 3 is 2.50 bits per heavy atom. The predicted molar refractivity (Wildman–Crippen MR) is 86.1 cm³/mol. The quantitative estimate of drug-likeness (QED) is 0.478. The van der Waals surface area contributed by atoms with E-state index in [1.54, 1.807) is 0 Å². The van der Waals surface area contributed by atoms with Crippen LogP contribution >= 0.6 is 0 Å². The van der Waals surface area contributed by atoms with Gasteiger partial charge in [0.15, 0.2) is 4.98 Å². The van der Waals surface area contributed by atoms with Gasteiger partial charge in [-0.15, -0.1) is 5.10 Å². The Morgan fingerprint density at radius 2 is 1.92 bits per heavy atom. The Morgan fingerprint density at radius 1 is 1.25 bits per heavy atom. The van der Waals surface area contributed by atoms with Gasteiger partial charge < -0.3 is 9.67 Å². The maximum atomic E-state index is 12.0. The lowest BCUT2D eigenvalue weighted by atomic mass is 10.1. The van der Waals surface area contributed by atoms with Gasteiger partial charge in [-0.1, -0.05) is 30.3 Å². The molecule has 1 aromatic carbocycles. The van der Waals surface area contributed by atoms with E-state index in [4.69, 9.17) is 5.39 Å². The number of hydrogen-bond acceptors (Lipinski definition) is 5. The third kappa shape index (κ3) is 2.72. The summed E-state index contributed by atoms with van der Waals surface area (Å²) in [5.74, 6) is -0.406. The molecule has 0 radical (unpaired) electrons. The lowest BCUT2D eigenvalue weighted by Crippen LogP contribution is -2.38. The molecule has 1 aromatic heterocycles. The lowest BCUT2D eigenvalue weighted by Gasteiger charge is -2.10. The average molecular weight is 324 g/mol. The van der Waals surface area contributed by atoms with E-state index in [1.165, 1.54) is 14.1 Å². The Balaban J connectivity index is 2.22. The molecule has 8 heteroatoms. The van der Waals surface area contributed by atoms with Crippen LogP contribution in [0.1, 0.15) is 18.4 Å². The van der Waals surface area contributed by atoms with Gasteiger partial charge in [0.2, 0.25) is 5.39 Å². The molecule has 0 spiro atoms. The standard InChI is InChI=1S/C16H16N6O2/c1-21-14(13(18-17)15(23)22(2)16(21)24)20-19-12(11-8-9-11)10-6-4-3-5-7-10/h3-7,11H,8-9H2,1-2H3/b19-12+. The molecule has 1 aliphatic rings. The number of aromatic nitrogens is 2. The van der Waals surface area contributed by atoms with Crippen LogP contribution in [0, 0.1) is 11.3 Å². The molecule has 8 nitrogen and oxygen atoms in total. The molecule has 1 heterocycles. The van der Waals surface area contributed by atoms with Crippen LogP contribution < -0.4 is 16.3 Å². The van der Waals surface area contributed by atoms with Gasteiger partial charge in [0.1, 0.15) is 0 Å². The molecule has 0 aliphatic heterocycles. The van der Waals surface area contributed by atoms with Gasteiger partial charge in [0, 0.05) is 20.0 Å². The van der Waals surface area contributed by atoms with Crippen molar-refractivity contribution >= 4 is 11.4 Å². The van der Waals surface area contributed by atoms with Gasteiger partial charge in [0.05, 0.1) is 11.6 Å². The fourth-order valence-electron chi connectivity index (χ4n) is 2.46. The van der Waals surface area contributed by atoms with E-state index in [2.05, 4.69) is 15.2 Å². The summed E-state index contributed by atoms with van der Waals surface area (Å²) >= 11 is 0. The second-order valence-electron chi connectivity index (χ2n) is 5.70. The molecular weight excluding hydrogens is 308 g/mol. The molecule has 122 valence electrons. The van der Waals surface area contributed by atoms with Crippen LogP contribution in [0.2, 0.25) is 0 Å². The molecule has 1 saturated carbocycles. The van der Waals surface area contributed by atoms with E-state index in [9.17, 15) is 9.90 Å². The minimum Gasteiger partial charge on any atom is -0.854 e. The lowest BCUT2D eigenvalue weighted by molar-refractivity contribution is -0.278. The van der Waals surface area contributed by atoms with Crippen molar-refractivity contribution in [1.82, 2.24) is 9.13 Å². The van der Waals surface area contributed by atoms with Gasteiger partial charge in [-0.2, -0.15) is 5.10 Å². The molecule has 0 amide bonds. The first kappa shape index (κ1) is 15.7. The van der Waals surface area contributed by atoms with E-state index in [-0.39, 0.29) is 11.2 Å². The summed E-state index contributed by atoms with van der Waals surface area (Å²) < 4.78 is 1.99. The Bertz CT molecular complexity index is 975. The van der Waals surface area contributed by atoms with Gasteiger partial charge in [0.25, 0.3) is 5.49 Å². The number of hydrogen-bond donors (Lipinski definition) is 0. The van der Waals surface area contributed by atoms with Crippen LogP contribution in [0.3, 0.4) is 0 Å². The van der Waals surface area contributed by atoms with E-state index in [0.717, 1.165) is 33.3 Å². The molecule has 2 aromatic rings. The number of rotatable bonds is 3. The van der Waals surface area contributed by atoms with Crippen LogP contribution in [0.5, 0.6) is 5.88 Å². The molecule has 0 bridgehead atoms. The third-order valence-corrected chi connectivity index (χ3v) is 4.00. The monoisotopic (exact) mass is 324 g/mol. The number of benzene rings is 1. The Kier molecular flexibility index (Phi) is 4.00. The zero-order valence-corrected chi connectivity index (χ0v) is 13.4. The molecule has 0 N–H and O–H groups in total. The van der Waals surface area contributed by atoms with Crippen molar-refractivity contribution in [2.45, 2.75) is 12.8 Å². The summed E-state index contributed by atoms with van der Waals surface area (Å²) in [4.78, 5) is 15.0. The van der Waals surface area contributed by atoms with Crippen molar-refractivity contribution in [3.05, 3.63) is 56.8 Å². The predicted octanol–water partition coefficient (Wildman–Crippen LogP) is 0.997. The highest BCUT2D eigenvalue weighted by Crippen LogP contribution is 2.33. The van der Waals surface area contributed by atoms with Crippen molar-refractivity contribution < 1.29 is 5.11 Å². The Labute approximate surface area is 137 Å².